The van der Waals surface area contributed by atoms with Gasteiger partial charge in [-0.05, 0) is 52.2 Å². The van der Waals surface area contributed by atoms with Crippen LogP contribution in [0.2, 0.25) is 0 Å². The van der Waals surface area contributed by atoms with Gasteiger partial charge in [-0.3, -0.25) is 9.69 Å². The van der Waals surface area contributed by atoms with Crippen LogP contribution in [0.3, 0.4) is 0 Å². The van der Waals surface area contributed by atoms with Crippen LogP contribution in [-0.4, -0.2) is 48.8 Å². The molecule has 3 rings (SSSR count). The molecule has 0 aromatic heterocycles. The Labute approximate surface area is 162 Å². The molecule has 26 heavy (non-hydrogen) atoms. The topological polar surface area (TPSA) is 61.8 Å². The van der Waals surface area contributed by atoms with Crippen molar-refractivity contribution < 1.29 is 14.6 Å². The van der Waals surface area contributed by atoms with Crippen molar-refractivity contribution in [1.82, 2.24) is 4.90 Å². The minimum atomic E-state index is -0.508. The molecule has 1 aliphatic heterocycles. The summed E-state index contributed by atoms with van der Waals surface area (Å²) in [6.45, 7) is 4.23. The fourth-order valence-corrected chi connectivity index (χ4v) is 3.39. The van der Waals surface area contributed by atoms with Crippen molar-refractivity contribution in [2.45, 2.75) is 12.5 Å². The van der Waals surface area contributed by atoms with Crippen LogP contribution in [0.25, 0.3) is 0 Å². The minimum absolute atomic E-state index is 0.168. The van der Waals surface area contributed by atoms with E-state index in [1.54, 1.807) is 6.07 Å². The Morgan fingerprint density at radius 1 is 1.15 bits per heavy atom. The van der Waals surface area contributed by atoms with E-state index in [0.717, 1.165) is 42.9 Å². The third-order valence-electron chi connectivity index (χ3n) is 4.49. The molecule has 1 unspecified atom stereocenters. The standard InChI is InChI=1S/C20H23BrN2O3/c21-18-4-2-1-3-17(18)20(25)22-16-7-5-15(6-8-16)19(24)9-10-23-11-13-26-14-12-23/h1-8,19,24H,9-14H2,(H,22,25). The molecule has 2 aromatic carbocycles. The van der Waals surface area contributed by atoms with E-state index >= 15 is 0 Å². The van der Waals surface area contributed by atoms with E-state index in [4.69, 9.17) is 4.74 Å². The van der Waals surface area contributed by atoms with Crippen LogP contribution >= 0.6 is 15.9 Å². The van der Waals surface area contributed by atoms with E-state index in [-0.39, 0.29) is 5.91 Å². The first kappa shape index (κ1) is 19.0. The van der Waals surface area contributed by atoms with Crippen molar-refractivity contribution in [2.75, 3.05) is 38.2 Å². The summed E-state index contributed by atoms with van der Waals surface area (Å²) in [5.74, 6) is -0.168. The molecule has 2 aromatic rings. The fraction of sp³-hybridized carbons (Fsp3) is 0.350. The second kappa shape index (κ2) is 9.28. The number of nitrogens with one attached hydrogen (secondary N) is 1. The lowest BCUT2D eigenvalue weighted by atomic mass is 10.1. The van der Waals surface area contributed by atoms with Gasteiger partial charge in [0.25, 0.3) is 5.91 Å². The monoisotopic (exact) mass is 418 g/mol. The van der Waals surface area contributed by atoms with Gasteiger partial charge < -0.3 is 15.2 Å². The van der Waals surface area contributed by atoms with E-state index in [0.29, 0.717) is 17.7 Å². The van der Waals surface area contributed by atoms with Crippen molar-refractivity contribution in [3.05, 3.63) is 64.1 Å². The summed E-state index contributed by atoms with van der Waals surface area (Å²) in [5, 5.41) is 13.3. The van der Waals surface area contributed by atoms with Crippen LogP contribution in [0.5, 0.6) is 0 Å². The van der Waals surface area contributed by atoms with Crippen molar-refractivity contribution in [1.29, 1.82) is 0 Å². The lowest BCUT2D eigenvalue weighted by Gasteiger charge is -2.27. The maximum Gasteiger partial charge on any atom is 0.256 e. The smallest absolute Gasteiger partial charge is 0.256 e. The Bertz CT molecular complexity index is 730. The van der Waals surface area contributed by atoms with Crippen molar-refractivity contribution in [3.63, 3.8) is 0 Å². The van der Waals surface area contributed by atoms with E-state index in [1.807, 2.05) is 42.5 Å². The molecule has 1 saturated heterocycles. The zero-order chi connectivity index (χ0) is 18.4. The van der Waals surface area contributed by atoms with E-state index in [9.17, 15) is 9.90 Å². The highest BCUT2D eigenvalue weighted by molar-refractivity contribution is 9.10. The van der Waals surface area contributed by atoms with Gasteiger partial charge in [-0.15, -0.1) is 0 Å². The summed E-state index contributed by atoms with van der Waals surface area (Å²) in [4.78, 5) is 14.6. The zero-order valence-corrected chi connectivity index (χ0v) is 16.1. The molecule has 1 atom stereocenters. The number of benzene rings is 2. The number of nitrogens with zero attached hydrogens (tertiary/aromatic N) is 1. The van der Waals surface area contributed by atoms with Crippen molar-refractivity contribution in [2.24, 2.45) is 0 Å². The molecule has 6 heteroatoms. The number of ether oxygens (including phenoxy) is 1. The van der Waals surface area contributed by atoms with Crippen LogP contribution in [-0.2, 0) is 4.74 Å². The fourth-order valence-electron chi connectivity index (χ4n) is 2.93. The highest BCUT2D eigenvalue weighted by atomic mass is 79.9. The molecule has 1 amide bonds. The Balaban J connectivity index is 1.54. The number of halogens is 1. The number of amides is 1. The molecule has 0 aliphatic carbocycles. The number of hydrogen-bond acceptors (Lipinski definition) is 4. The van der Waals surface area contributed by atoms with E-state index in [2.05, 4.69) is 26.1 Å². The predicted molar refractivity (Wildman–Crippen MR) is 105 cm³/mol. The maximum absolute atomic E-state index is 12.3. The molecule has 0 radical (unpaired) electrons. The van der Waals surface area contributed by atoms with Gasteiger partial charge in [0.1, 0.15) is 0 Å². The number of carbonyl (C=O) groups excluding carboxylic acids is 1. The quantitative estimate of drug-likeness (QED) is 0.753. The molecule has 5 nitrogen and oxygen atoms in total. The molecule has 0 spiro atoms. The molecule has 2 N–H and O–H groups in total. The molecule has 138 valence electrons. The van der Waals surface area contributed by atoms with Gasteiger partial charge in [0.05, 0.1) is 24.9 Å². The van der Waals surface area contributed by atoms with Gasteiger partial charge in [0, 0.05) is 29.8 Å². The zero-order valence-electron chi connectivity index (χ0n) is 14.5. The number of rotatable bonds is 6. The van der Waals surface area contributed by atoms with Crippen molar-refractivity contribution in [3.8, 4) is 0 Å². The van der Waals surface area contributed by atoms with Crippen LogP contribution in [0, 0.1) is 0 Å². The number of morpholine rings is 1. The normalized spacial score (nSPS) is 16.2. The van der Waals surface area contributed by atoms with Gasteiger partial charge in [0.15, 0.2) is 0 Å². The van der Waals surface area contributed by atoms with Gasteiger partial charge in [0.2, 0.25) is 0 Å². The third-order valence-corrected chi connectivity index (χ3v) is 5.19. The second-order valence-electron chi connectivity index (χ2n) is 6.31. The third kappa shape index (κ3) is 5.14. The first-order valence-electron chi connectivity index (χ1n) is 8.77. The molecule has 0 bridgehead atoms. The Kier molecular flexibility index (Phi) is 6.80. The molecule has 0 saturated carbocycles. The number of aliphatic hydroxyl groups is 1. The summed E-state index contributed by atoms with van der Waals surface area (Å²) in [7, 11) is 0. The first-order chi connectivity index (χ1) is 12.6. The number of carbonyl (C=O) groups is 1. The first-order valence-corrected chi connectivity index (χ1v) is 9.57. The Hall–Kier alpha value is -1.73. The summed E-state index contributed by atoms with van der Waals surface area (Å²) in [6.07, 6.45) is 0.175. The Morgan fingerprint density at radius 3 is 2.54 bits per heavy atom. The highest BCUT2D eigenvalue weighted by Gasteiger charge is 2.14. The molecule has 1 fully saturated rings. The summed E-state index contributed by atoms with van der Waals surface area (Å²) in [5.41, 5.74) is 2.15. The van der Waals surface area contributed by atoms with Gasteiger partial charge in [-0.2, -0.15) is 0 Å². The predicted octanol–water partition coefficient (Wildman–Crippen LogP) is 3.46. The van der Waals surface area contributed by atoms with E-state index < -0.39 is 6.10 Å². The largest absolute Gasteiger partial charge is 0.388 e. The average Bonchev–Trinajstić information content (AvgIpc) is 2.68. The number of aliphatic hydroxyl groups excluding tert-OH is 1. The van der Waals surface area contributed by atoms with Crippen LogP contribution in [0.15, 0.2) is 53.0 Å². The van der Waals surface area contributed by atoms with Crippen molar-refractivity contribution >= 4 is 27.5 Å². The van der Waals surface area contributed by atoms with Crippen LogP contribution < -0.4 is 5.32 Å². The molecular weight excluding hydrogens is 396 g/mol. The highest BCUT2D eigenvalue weighted by Crippen LogP contribution is 2.21. The van der Waals surface area contributed by atoms with Crippen LogP contribution in [0.4, 0.5) is 5.69 Å². The summed E-state index contributed by atoms with van der Waals surface area (Å²) in [6, 6.07) is 14.7. The summed E-state index contributed by atoms with van der Waals surface area (Å²) < 4.78 is 6.09. The average molecular weight is 419 g/mol. The SMILES string of the molecule is O=C(Nc1ccc(C(O)CCN2CCOCC2)cc1)c1ccccc1Br. The maximum atomic E-state index is 12.3. The lowest BCUT2D eigenvalue weighted by Crippen LogP contribution is -2.37. The Morgan fingerprint density at radius 2 is 1.85 bits per heavy atom. The molecule has 1 aliphatic rings. The van der Waals surface area contributed by atoms with Gasteiger partial charge >= 0.3 is 0 Å². The van der Waals surface area contributed by atoms with Crippen LogP contribution in [0.1, 0.15) is 28.4 Å². The minimum Gasteiger partial charge on any atom is -0.388 e. The molecular formula is C20H23BrN2O3. The van der Waals surface area contributed by atoms with Gasteiger partial charge in [-0.1, -0.05) is 24.3 Å². The second-order valence-corrected chi connectivity index (χ2v) is 7.17. The number of hydrogen-bond donors (Lipinski definition) is 2. The van der Waals surface area contributed by atoms with E-state index in [1.165, 1.54) is 0 Å². The summed E-state index contributed by atoms with van der Waals surface area (Å²) >= 11 is 3.39. The molecule has 1 heterocycles. The number of anilines is 1. The lowest BCUT2D eigenvalue weighted by molar-refractivity contribution is 0.0300. The van der Waals surface area contributed by atoms with Gasteiger partial charge in [-0.25, -0.2) is 0 Å².